The molecule has 1 aliphatic heterocycles. The second-order valence-corrected chi connectivity index (χ2v) is 7.00. The molecule has 1 heterocycles. The smallest absolute Gasteiger partial charge is 0.310 e. The molecule has 0 amide bonds. The molecule has 0 aromatic heterocycles. The predicted molar refractivity (Wildman–Crippen MR) is 72.9 cm³/mol. The number of fused-ring (bicyclic) bond motifs is 1. The lowest BCUT2D eigenvalue weighted by molar-refractivity contribution is -0.161. The fourth-order valence-electron chi connectivity index (χ4n) is 4.92. The summed E-state index contributed by atoms with van der Waals surface area (Å²) >= 11 is 0. The highest BCUT2D eigenvalue weighted by Crippen LogP contribution is 2.56. The van der Waals surface area contributed by atoms with E-state index in [0.717, 1.165) is 12.8 Å². The number of aliphatic carboxylic acids is 1. The van der Waals surface area contributed by atoms with Gasteiger partial charge in [-0.3, -0.25) is 4.79 Å². The van der Waals surface area contributed by atoms with Crippen LogP contribution in [0.15, 0.2) is 0 Å². The molecule has 0 radical (unpaired) electrons. The normalized spacial score (nSPS) is 44.4. The first-order valence-corrected chi connectivity index (χ1v) is 7.96. The van der Waals surface area contributed by atoms with Crippen LogP contribution in [-0.2, 0) is 9.53 Å². The number of carbonyl (C=O) groups is 1. The van der Waals surface area contributed by atoms with Crippen LogP contribution in [0.1, 0.15) is 58.8 Å². The predicted octanol–water partition coefficient (Wildman–Crippen LogP) is 3.47. The summed E-state index contributed by atoms with van der Waals surface area (Å²) in [5.41, 5.74) is -0.542. The van der Waals surface area contributed by atoms with E-state index in [0.29, 0.717) is 12.0 Å². The largest absolute Gasteiger partial charge is 0.481 e. The molecule has 0 aromatic carbocycles. The highest BCUT2D eigenvalue weighted by atomic mass is 16.6. The fourth-order valence-corrected chi connectivity index (χ4v) is 4.92. The molecule has 1 N–H and O–H groups in total. The highest BCUT2D eigenvalue weighted by molar-refractivity contribution is 5.76. The van der Waals surface area contributed by atoms with Crippen molar-refractivity contribution in [2.75, 3.05) is 0 Å². The van der Waals surface area contributed by atoms with Gasteiger partial charge in [-0.1, -0.05) is 46.0 Å². The number of epoxide rings is 1. The maximum Gasteiger partial charge on any atom is 0.310 e. The molecular weight excluding hydrogens is 240 g/mol. The monoisotopic (exact) mass is 266 g/mol. The number of rotatable bonds is 3. The van der Waals surface area contributed by atoms with Gasteiger partial charge in [0.2, 0.25) is 0 Å². The van der Waals surface area contributed by atoms with Gasteiger partial charge >= 0.3 is 5.97 Å². The Morgan fingerprint density at radius 3 is 2.58 bits per heavy atom. The molecule has 0 aromatic rings. The van der Waals surface area contributed by atoms with E-state index in [1.807, 2.05) is 0 Å². The minimum Gasteiger partial charge on any atom is -0.481 e. The van der Waals surface area contributed by atoms with Gasteiger partial charge in [-0.15, -0.1) is 0 Å². The van der Waals surface area contributed by atoms with Crippen LogP contribution in [0.3, 0.4) is 0 Å². The molecule has 2 aliphatic carbocycles. The zero-order valence-corrected chi connectivity index (χ0v) is 12.1. The zero-order chi connectivity index (χ0) is 13.6. The molecule has 3 fully saturated rings. The van der Waals surface area contributed by atoms with Gasteiger partial charge < -0.3 is 9.84 Å². The zero-order valence-electron chi connectivity index (χ0n) is 12.1. The van der Waals surface area contributed by atoms with Gasteiger partial charge in [0.1, 0.15) is 0 Å². The van der Waals surface area contributed by atoms with Crippen LogP contribution in [0.25, 0.3) is 0 Å². The van der Waals surface area contributed by atoms with Crippen molar-refractivity contribution in [2.24, 2.45) is 23.2 Å². The lowest BCUT2D eigenvalue weighted by Gasteiger charge is -2.46. The van der Waals surface area contributed by atoms with Crippen LogP contribution >= 0.6 is 0 Å². The molecule has 0 spiro atoms. The van der Waals surface area contributed by atoms with E-state index < -0.39 is 11.4 Å². The summed E-state index contributed by atoms with van der Waals surface area (Å²) in [7, 11) is 0. The van der Waals surface area contributed by atoms with Crippen LogP contribution in [0.5, 0.6) is 0 Å². The van der Waals surface area contributed by atoms with Crippen LogP contribution in [0.2, 0.25) is 0 Å². The van der Waals surface area contributed by atoms with Crippen molar-refractivity contribution < 1.29 is 14.6 Å². The number of carboxylic acids is 1. The second kappa shape index (κ2) is 4.76. The van der Waals surface area contributed by atoms with Gasteiger partial charge in [0, 0.05) is 5.92 Å². The van der Waals surface area contributed by atoms with Crippen molar-refractivity contribution >= 4 is 5.97 Å². The van der Waals surface area contributed by atoms with E-state index in [2.05, 4.69) is 13.8 Å². The van der Waals surface area contributed by atoms with Crippen molar-refractivity contribution in [3.05, 3.63) is 0 Å². The fraction of sp³-hybridized carbons (Fsp3) is 0.938. The quantitative estimate of drug-likeness (QED) is 0.796. The Labute approximate surface area is 115 Å². The van der Waals surface area contributed by atoms with E-state index in [-0.39, 0.29) is 17.9 Å². The molecule has 5 atom stereocenters. The molecule has 3 nitrogen and oxygen atoms in total. The Bertz CT molecular complexity index is 361. The summed E-state index contributed by atoms with van der Waals surface area (Å²) in [6.45, 7) is 4.31. The molecule has 3 rings (SSSR count). The first kappa shape index (κ1) is 13.4. The Morgan fingerprint density at radius 1 is 1.26 bits per heavy atom. The first-order chi connectivity index (χ1) is 9.07. The number of hydrogen-bond donors (Lipinski definition) is 1. The standard InChI is InChI=1S/C16H26O3/c1-10(12-6-4-3-5-7-12)16(15(17)18)9-8-13-14(19-13)11(16)2/h10-14H,3-9H2,1-2H3,(H,17,18). The van der Waals surface area contributed by atoms with Crippen molar-refractivity contribution in [3.63, 3.8) is 0 Å². The average molecular weight is 266 g/mol. The minimum atomic E-state index is -0.577. The minimum absolute atomic E-state index is 0.167. The topological polar surface area (TPSA) is 49.8 Å². The van der Waals surface area contributed by atoms with Crippen molar-refractivity contribution in [1.82, 2.24) is 0 Å². The van der Waals surface area contributed by atoms with Crippen molar-refractivity contribution in [1.29, 1.82) is 0 Å². The van der Waals surface area contributed by atoms with Crippen LogP contribution < -0.4 is 0 Å². The van der Waals surface area contributed by atoms with E-state index in [1.54, 1.807) is 0 Å². The van der Waals surface area contributed by atoms with Crippen LogP contribution in [0.4, 0.5) is 0 Å². The maximum absolute atomic E-state index is 12.1. The summed E-state index contributed by atoms with van der Waals surface area (Å²) < 4.78 is 5.67. The second-order valence-electron chi connectivity index (χ2n) is 7.00. The molecule has 5 unspecified atom stereocenters. The van der Waals surface area contributed by atoms with Gasteiger partial charge in [0.05, 0.1) is 17.6 Å². The van der Waals surface area contributed by atoms with E-state index in [1.165, 1.54) is 32.1 Å². The summed E-state index contributed by atoms with van der Waals surface area (Å²) in [6, 6.07) is 0. The molecule has 0 bridgehead atoms. The number of ether oxygens (including phenoxy) is 1. The summed E-state index contributed by atoms with van der Waals surface area (Å²) in [4.78, 5) is 12.1. The van der Waals surface area contributed by atoms with Gasteiger partial charge in [-0.2, -0.15) is 0 Å². The molecule has 108 valence electrons. The van der Waals surface area contributed by atoms with Crippen LogP contribution in [-0.4, -0.2) is 23.3 Å². The third-order valence-electron chi connectivity index (χ3n) is 6.34. The third-order valence-corrected chi connectivity index (χ3v) is 6.34. The summed E-state index contributed by atoms with van der Waals surface area (Å²) in [6.07, 6.45) is 8.66. The van der Waals surface area contributed by atoms with Gasteiger partial charge in [-0.05, 0) is 24.7 Å². The van der Waals surface area contributed by atoms with Gasteiger partial charge in [-0.25, -0.2) is 0 Å². The lowest BCUT2D eigenvalue weighted by Crippen LogP contribution is -2.50. The third kappa shape index (κ3) is 2.01. The van der Waals surface area contributed by atoms with E-state index >= 15 is 0 Å². The van der Waals surface area contributed by atoms with Gasteiger partial charge in [0.15, 0.2) is 0 Å². The van der Waals surface area contributed by atoms with E-state index in [9.17, 15) is 9.90 Å². The SMILES string of the molecule is CC(C1CCCCC1)C1(C(=O)O)CCC2OC2C1C. The molecule has 19 heavy (non-hydrogen) atoms. The average Bonchev–Trinajstić information content (AvgIpc) is 3.20. The molecule has 1 saturated heterocycles. The maximum atomic E-state index is 12.1. The first-order valence-electron chi connectivity index (χ1n) is 7.96. The summed E-state index contributed by atoms with van der Waals surface area (Å²) in [5, 5.41) is 9.94. The Balaban J connectivity index is 1.84. The molecule has 3 aliphatic rings. The van der Waals surface area contributed by atoms with E-state index in [4.69, 9.17) is 4.74 Å². The van der Waals surface area contributed by atoms with Crippen LogP contribution in [0, 0.1) is 23.2 Å². The number of hydrogen-bond acceptors (Lipinski definition) is 2. The Hall–Kier alpha value is -0.570. The lowest BCUT2D eigenvalue weighted by atomic mass is 9.56. The summed E-state index contributed by atoms with van der Waals surface area (Å²) in [5.74, 6) is 0.473. The Morgan fingerprint density at radius 2 is 1.95 bits per heavy atom. The Kier molecular flexibility index (Phi) is 3.36. The number of carboxylic acid groups (broad SMARTS) is 1. The highest BCUT2D eigenvalue weighted by Gasteiger charge is 2.62. The molecular formula is C16H26O3. The molecule has 3 heteroatoms. The molecule has 2 saturated carbocycles. The van der Waals surface area contributed by atoms with Crippen molar-refractivity contribution in [3.8, 4) is 0 Å². The van der Waals surface area contributed by atoms with Crippen molar-refractivity contribution in [2.45, 2.75) is 71.0 Å². The van der Waals surface area contributed by atoms with Gasteiger partial charge in [0.25, 0.3) is 0 Å².